The maximum atomic E-state index is 12.8. The summed E-state index contributed by atoms with van der Waals surface area (Å²) in [6, 6.07) is 6.05. The van der Waals surface area contributed by atoms with E-state index in [1.54, 1.807) is 24.3 Å². The van der Waals surface area contributed by atoms with E-state index in [9.17, 15) is 13.2 Å². The molecule has 27 heavy (non-hydrogen) atoms. The molecule has 1 aromatic carbocycles. The average molecular weight is 418 g/mol. The Bertz CT molecular complexity index is 707. The van der Waals surface area contributed by atoms with Crippen LogP contribution in [0.4, 0.5) is 0 Å². The van der Waals surface area contributed by atoms with Gasteiger partial charge in [0.15, 0.2) is 0 Å². The van der Waals surface area contributed by atoms with Crippen molar-refractivity contribution in [2.75, 3.05) is 6.54 Å². The number of carbonyl (C=O) groups is 1. The van der Waals surface area contributed by atoms with Gasteiger partial charge in [-0.2, -0.15) is 4.72 Å². The molecule has 2 rings (SSSR count). The average Bonchev–Trinajstić information content (AvgIpc) is 2.56. The third kappa shape index (κ3) is 7.07. The molecule has 0 spiro atoms. The van der Waals surface area contributed by atoms with E-state index in [0.29, 0.717) is 6.42 Å². The minimum Gasteiger partial charge on any atom is -0.350 e. The van der Waals surface area contributed by atoms with Crippen LogP contribution in [0.3, 0.4) is 0 Å². The first-order chi connectivity index (χ1) is 12.2. The van der Waals surface area contributed by atoms with Crippen LogP contribution in [0, 0.1) is 12.8 Å². The van der Waals surface area contributed by atoms with Gasteiger partial charge in [-0.1, -0.05) is 31.5 Å². The summed E-state index contributed by atoms with van der Waals surface area (Å²) in [6.07, 6.45) is 2.35. The summed E-state index contributed by atoms with van der Waals surface area (Å²) >= 11 is 0. The zero-order valence-electron chi connectivity index (χ0n) is 16.5. The summed E-state index contributed by atoms with van der Waals surface area (Å²) < 4.78 is 28.0. The number of hydrogen-bond acceptors (Lipinski definition) is 4. The summed E-state index contributed by atoms with van der Waals surface area (Å²) in [7, 11) is -3.75. The molecule has 1 fully saturated rings. The number of benzene rings is 1. The van der Waals surface area contributed by atoms with Gasteiger partial charge in [0.1, 0.15) is 6.04 Å². The van der Waals surface area contributed by atoms with Crippen molar-refractivity contribution < 1.29 is 13.2 Å². The molecule has 0 saturated carbocycles. The maximum absolute atomic E-state index is 12.8. The first-order valence-corrected chi connectivity index (χ1v) is 10.8. The summed E-state index contributed by atoms with van der Waals surface area (Å²) in [5.41, 5.74) is 0.985. The summed E-state index contributed by atoms with van der Waals surface area (Å²) in [5, 5.41) is 6.37. The molecule has 8 heteroatoms. The van der Waals surface area contributed by atoms with E-state index in [-0.39, 0.29) is 41.2 Å². The van der Waals surface area contributed by atoms with Crippen molar-refractivity contribution in [3.63, 3.8) is 0 Å². The normalized spacial score (nSPS) is 21.4. The lowest BCUT2D eigenvalue weighted by Crippen LogP contribution is -2.56. The van der Waals surface area contributed by atoms with E-state index >= 15 is 0 Å². The number of piperidine rings is 1. The van der Waals surface area contributed by atoms with Crippen LogP contribution in [0.2, 0.25) is 0 Å². The molecule has 0 bridgehead atoms. The standard InChI is InChI=1S/C19H31N3O3S.ClH/c1-13(2)12-18(19(23)21-17-6-5-11-20-15(17)4)22-26(24,25)16-9-7-14(3)8-10-16;/h7-10,13,15,17-18,20,22H,5-6,11-12H2,1-4H3,(H,21,23);1H. The molecule has 1 aliphatic rings. The highest BCUT2D eigenvalue weighted by molar-refractivity contribution is 7.89. The molecule has 6 nitrogen and oxygen atoms in total. The predicted molar refractivity (Wildman–Crippen MR) is 111 cm³/mol. The fraction of sp³-hybridized carbons (Fsp3) is 0.632. The topological polar surface area (TPSA) is 87.3 Å². The van der Waals surface area contributed by atoms with Crippen LogP contribution in [-0.2, 0) is 14.8 Å². The quantitative estimate of drug-likeness (QED) is 0.635. The smallest absolute Gasteiger partial charge is 0.241 e. The van der Waals surface area contributed by atoms with Crippen molar-refractivity contribution in [1.82, 2.24) is 15.4 Å². The van der Waals surface area contributed by atoms with Gasteiger partial charge in [0.05, 0.1) is 4.90 Å². The fourth-order valence-corrected chi connectivity index (χ4v) is 4.39. The molecule has 3 atom stereocenters. The molecule has 3 unspecified atom stereocenters. The molecule has 3 N–H and O–H groups in total. The van der Waals surface area contributed by atoms with Crippen molar-refractivity contribution in [1.29, 1.82) is 0 Å². The van der Waals surface area contributed by atoms with Crippen molar-refractivity contribution in [2.45, 2.75) is 70.0 Å². The molecule has 154 valence electrons. The molecule has 1 saturated heterocycles. The van der Waals surface area contributed by atoms with Crippen molar-refractivity contribution >= 4 is 28.3 Å². The Labute approximate surface area is 169 Å². The number of halogens is 1. The van der Waals surface area contributed by atoms with Gasteiger partial charge in [0.2, 0.25) is 15.9 Å². The van der Waals surface area contributed by atoms with Crippen molar-refractivity contribution in [3.05, 3.63) is 29.8 Å². The number of amides is 1. The Hall–Kier alpha value is -1.15. The molecule has 0 aliphatic carbocycles. The van der Waals surface area contributed by atoms with Gasteiger partial charge >= 0.3 is 0 Å². The zero-order chi connectivity index (χ0) is 19.3. The Morgan fingerprint density at radius 3 is 2.44 bits per heavy atom. The third-order valence-electron chi connectivity index (χ3n) is 4.74. The lowest BCUT2D eigenvalue weighted by molar-refractivity contribution is -0.124. The van der Waals surface area contributed by atoms with Gasteiger partial charge in [-0.05, 0) is 57.7 Å². The van der Waals surface area contributed by atoms with Gasteiger partial charge in [0, 0.05) is 12.1 Å². The second-order valence-corrected chi connectivity index (χ2v) is 9.33. The monoisotopic (exact) mass is 417 g/mol. The van der Waals surface area contributed by atoms with E-state index in [0.717, 1.165) is 24.9 Å². The van der Waals surface area contributed by atoms with E-state index in [1.807, 2.05) is 27.7 Å². The zero-order valence-corrected chi connectivity index (χ0v) is 18.1. The van der Waals surface area contributed by atoms with E-state index in [4.69, 9.17) is 0 Å². The predicted octanol–water partition coefficient (Wildman–Crippen LogP) is 2.37. The van der Waals surface area contributed by atoms with Crippen LogP contribution in [0.5, 0.6) is 0 Å². The third-order valence-corrected chi connectivity index (χ3v) is 6.23. The molecule has 0 aromatic heterocycles. The second kappa shape index (κ2) is 10.4. The summed E-state index contributed by atoms with van der Waals surface area (Å²) in [4.78, 5) is 13.0. The van der Waals surface area contributed by atoms with Crippen molar-refractivity contribution in [3.8, 4) is 0 Å². The number of rotatable bonds is 7. The van der Waals surface area contributed by atoms with Crippen LogP contribution in [0.15, 0.2) is 29.2 Å². The Morgan fingerprint density at radius 1 is 1.26 bits per heavy atom. The van der Waals surface area contributed by atoms with Gasteiger partial charge in [-0.25, -0.2) is 8.42 Å². The Balaban J connectivity index is 0.00000364. The molecule has 1 heterocycles. The molecular weight excluding hydrogens is 386 g/mol. The number of hydrogen-bond donors (Lipinski definition) is 3. The lowest BCUT2D eigenvalue weighted by atomic mass is 9.98. The number of sulfonamides is 1. The largest absolute Gasteiger partial charge is 0.350 e. The van der Waals surface area contributed by atoms with Gasteiger partial charge in [0.25, 0.3) is 0 Å². The second-order valence-electron chi connectivity index (χ2n) is 7.62. The Kier molecular flexibility index (Phi) is 9.21. The summed E-state index contributed by atoms with van der Waals surface area (Å²) in [6.45, 7) is 8.84. The molecule has 1 amide bonds. The highest BCUT2D eigenvalue weighted by atomic mass is 35.5. The fourth-order valence-electron chi connectivity index (χ4n) is 3.18. The highest BCUT2D eigenvalue weighted by Crippen LogP contribution is 2.15. The number of nitrogens with one attached hydrogen (secondary N) is 3. The van der Waals surface area contributed by atoms with E-state index < -0.39 is 16.1 Å². The lowest BCUT2D eigenvalue weighted by Gasteiger charge is -2.32. The first kappa shape index (κ1) is 23.9. The number of aryl methyl sites for hydroxylation is 1. The van der Waals surface area contributed by atoms with Crippen LogP contribution in [0.25, 0.3) is 0 Å². The minimum atomic E-state index is -3.75. The highest BCUT2D eigenvalue weighted by Gasteiger charge is 2.30. The van der Waals surface area contributed by atoms with Crippen LogP contribution >= 0.6 is 12.4 Å². The molecular formula is C19H32ClN3O3S. The van der Waals surface area contributed by atoms with E-state index in [2.05, 4.69) is 15.4 Å². The van der Waals surface area contributed by atoms with Gasteiger partial charge in [-0.3, -0.25) is 4.79 Å². The first-order valence-electron chi connectivity index (χ1n) is 9.32. The van der Waals surface area contributed by atoms with Crippen LogP contribution in [-0.4, -0.2) is 39.0 Å². The van der Waals surface area contributed by atoms with Gasteiger partial charge in [-0.15, -0.1) is 12.4 Å². The van der Waals surface area contributed by atoms with Crippen molar-refractivity contribution in [2.24, 2.45) is 5.92 Å². The number of carbonyl (C=O) groups excluding carboxylic acids is 1. The maximum Gasteiger partial charge on any atom is 0.241 e. The Morgan fingerprint density at radius 2 is 1.89 bits per heavy atom. The van der Waals surface area contributed by atoms with E-state index in [1.165, 1.54) is 0 Å². The van der Waals surface area contributed by atoms with Crippen LogP contribution in [0.1, 0.15) is 45.6 Å². The van der Waals surface area contributed by atoms with Gasteiger partial charge < -0.3 is 10.6 Å². The van der Waals surface area contributed by atoms with Crippen LogP contribution < -0.4 is 15.4 Å². The molecule has 1 aliphatic heterocycles. The molecule has 1 aromatic rings. The molecule has 0 radical (unpaired) electrons. The SMILES string of the molecule is Cc1ccc(S(=O)(=O)NC(CC(C)C)C(=O)NC2CCCNC2C)cc1.Cl. The summed E-state index contributed by atoms with van der Waals surface area (Å²) in [5.74, 6) is -0.0664. The minimum absolute atomic E-state index is 0.